The van der Waals surface area contributed by atoms with Gasteiger partial charge in [0.15, 0.2) is 17.5 Å². The van der Waals surface area contributed by atoms with Crippen LogP contribution < -0.4 is 9.80 Å². The first kappa shape index (κ1) is 13.7. The minimum Gasteiger partial charge on any atom is -0.368 e. The van der Waals surface area contributed by atoms with Crippen molar-refractivity contribution in [2.24, 2.45) is 0 Å². The number of para-hydroxylation sites is 1. The molecule has 0 amide bonds. The van der Waals surface area contributed by atoms with E-state index in [-0.39, 0.29) is 5.82 Å². The van der Waals surface area contributed by atoms with Crippen molar-refractivity contribution in [3.63, 3.8) is 0 Å². The lowest BCUT2D eigenvalue weighted by Crippen LogP contribution is -2.47. The highest BCUT2D eigenvalue weighted by atomic mass is 19.2. The van der Waals surface area contributed by atoms with Crippen molar-refractivity contribution in [3.8, 4) is 0 Å². The van der Waals surface area contributed by atoms with Crippen LogP contribution in [-0.2, 0) is 0 Å². The molecule has 1 fully saturated rings. The van der Waals surface area contributed by atoms with Gasteiger partial charge >= 0.3 is 0 Å². The zero-order valence-corrected chi connectivity index (χ0v) is 11.3. The monoisotopic (exact) mass is 293 g/mol. The molecular weight excluding hydrogens is 279 g/mol. The van der Waals surface area contributed by atoms with Crippen molar-refractivity contribution in [3.05, 3.63) is 54.0 Å². The number of piperazine rings is 1. The molecule has 1 aromatic heterocycles. The first-order valence-corrected chi connectivity index (χ1v) is 6.71. The Morgan fingerprint density at radius 2 is 1.43 bits per heavy atom. The van der Waals surface area contributed by atoms with E-state index in [1.807, 2.05) is 30.3 Å². The van der Waals surface area contributed by atoms with E-state index in [0.29, 0.717) is 32.2 Å². The van der Waals surface area contributed by atoms with E-state index < -0.39 is 17.6 Å². The number of halogens is 3. The maximum Gasteiger partial charge on any atom is 0.251 e. The molecule has 3 rings (SSSR count). The number of hydrogen-bond acceptors (Lipinski definition) is 3. The number of benzene rings is 1. The number of anilines is 2. The molecule has 0 saturated carbocycles. The standard InChI is InChI=1S/C15H14F3N3/c16-12-10-13(17)15(19-14(12)18)21-8-6-20(7-9-21)11-4-2-1-3-5-11/h1-5,10H,6-9H2. The fourth-order valence-corrected chi connectivity index (χ4v) is 2.47. The normalized spacial score (nSPS) is 15.4. The first-order chi connectivity index (χ1) is 10.1. The zero-order valence-electron chi connectivity index (χ0n) is 11.3. The quantitative estimate of drug-likeness (QED) is 0.794. The molecule has 3 nitrogen and oxygen atoms in total. The molecule has 2 heterocycles. The van der Waals surface area contributed by atoms with Crippen molar-refractivity contribution < 1.29 is 13.2 Å². The number of aromatic nitrogens is 1. The molecular formula is C15H14F3N3. The van der Waals surface area contributed by atoms with Gasteiger partial charge in [0.25, 0.3) is 5.95 Å². The maximum atomic E-state index is 13.7. The third-order valence-electron chi connectivity index (χ3n) is 3.57. The molecule has 0 spiro atoms. The van der Waals surface area contributed by atoms with Gasteiger partial charge in [0, 0.05) is 37.9 Å². The van der Waals surface area contributed by atoms with Crippen LogP contribution in [0.3, 0.4) is 0 Å². The number of hydrogen-bond donors (Lipinski definition) is 0. The van der Waals surface area contributed by atoms with Gasteiger partial charge in [0.2, 0.25) is 0 Å². The summed E-state index contributed by atoms with van der Waals surface area (Å²) >= 11 is 0. The van der Waals surface area contributed by atoms with E-state index in [9.17, 15) is 13.2 Å². The summed E-state index contributed by atoms with van der Waals surface area (Å²) in [6, 6.07) is 10.4. The van der Waals surface area contributed by atoms with Crippen LogP contribution in [0.5, 0.6) is 0 Å². The molecule has 0 radical (unpaired) electrons. The second kappa shape index (κ2) is 5.63. The molecule has 0 bridgehead atoms. The van der Waals surface area contributed by atoms with Crippen molar-refractivity contribution in [2.45, 2.75) is 0 Å². The maximum absolute atomic E-state index is 13.7. The second-order valence-electron chi connectivity index (χ2n) is 4.88. The Morgan fingerprint density at radius 1 is 0.810 bits per heavy atom. The Kier molecular flexibility index (Phi) is 3.68. The second-order valence-corrected chi connectivity index (χ2v) is 4.88. The van der Waals surface area contributed by atoms with E-state index in [4.69, 9.17) is 0 Å². The predicted octanol–water partition coefficient (Wildman–Crippen LogP) is 2.83. The summed E-state index contributed by atoms with van der Waals surface area (Å²) in [7, 11) is 0. The number of nitrogens with zero attached hydrogens (tertiary/aromatic N) is 3. The Morgan fingerprint density at radius 3 is 2.10 bits per heavy atom. The highest BCUT2D eigenvalue weighted by molar-refractivity contribution is 5.49. The molecule has 0 unspecified atom stereocenters. The average Bonchev–Trinajstić information content (AvgIpc) is 2.52. The largest absolute Gasteiger partial charge is 0.368 e. The third kappa shape index (κ3) is 2.79. The lowest BCUT2D eigenvalue weighted by molar-refractivity contribution is 0.461. The minimum absolute atomic E-state index is 0.124. The Labute approximate surface area is 120 Å². The number of rotatable bonds is 2. The highest BCUT2D eigenvalue weighted by Crippen LogP contribution is 2.22. The van der Waals surface area contributed by atoms with Crippen LogP contribution in [0.4, 0.5) is 24.7 Å². The minimum atomic E-state index is -1.27. The van der Waals surface area contributed by atoms with Crippen LogP contribution in [0, 0.1) is 17.6 Å². The van der Waals surface area contributed by atoms with Gasteiger partial charge in [0.1, 0.15) is 0 Å². The van der Waals surface area contributed by atoms with Crippen LogP contribution in [0.15, 0.2) is 36.4 Å². The van der Waals surface area contributed by atoms with Crippen LogP contribution >= 0.6 is 0 Å². The summed E-state index contributed by atoms with van der Waals surface area (Å²) in [5.41, 5.74) is 1.09. The molecule has 0 N–H and O–H groups in total. The zero-order chi connectivity index (χ0) is 14.8. The molecule has 110 valence electrons. The van der Waals surface area contributed by atoms with Crippen molar-refractivity contribution in [1.29, 1.82) is 0 Å². The summed E-state index contributed by atoms with van der Waals surface area (Å²) in [6.45, 7) is 2.35. The Hall–Kier alpha value is -2.24. The van der Waals surface area contributed by atoms with Gasteiger partial charge in [-0.25, -0.2) is 8.78 Å². The van der Waals surface area contributed by atoms with Crippen molar-refractivity contribution in [2.75, 3.05) is 36.0 Å². The van der Waals surface area contributed by atoms with Gasteiger partial charge in [-0.1, -0.05) is 18.2 Å². The highest BCUT2D eigenvalue weighted by Gasteiger charge is 2.22. The van der Waals surface area contributed by atoms with Gasteiger partial charge in [0.05, 0.1) is 0 Å². The molecule has 1 saturated heterocycles. The molecule has 2 aromatic rings. The topological polar surface area (TPSA) is 19.4 Å². The van der Waals surface area contributed by atoms with Gasteiger partial charge in [-0.2, -0.15) is 9.37 Å². The average molecular weight is 293 g/mol. The van der Waals surface area contributed by atoms with Crippen molar-refractivity contribution in [1.82, 2.24) is 4.98 Å². The van der Waals surface area contributed by atoms with E-state index >= 15 is 0 Å². The molecule has 21 heavy (non-hydrogen) atoms. The number of pyridine rings is 1. The van der Waals surface area contributed by atoms with Crippen LogP contribution in [-0.4, -0.2) is 31.2 Å². The molecule has 1 aliphatic heterocycles. The van der Waals surface area contributed by atoms with Gasteiger partial charge in [-0.3, -0.25) is 0 Å². The summed E-state index contributed by atoms with van der Waals surface area (Å²) in [5, 5.41) is 0. The van der Waals surface area contributed by atoms with E-state index in [2.05, 4.69) is 9.88 Å². The smallest absolute Gasteiger partial charge is 0.251 e. The summed E-state index contributed by atoms with van der Waals surface area (Å²) in [4.78, 5) is 7.18. The first-order valence-electron chi connectivity index (χ1n) is 6.71. The van der Waals surface area contributed by atoms with Crippen LogP contribution in [0.25, 0.3) is 0 Å². The van der Waals surface area contributed by atoms with Gasteiger partial charge in [-0.15, -0.1) is 0 Å². The molecule has 1 aromatic carbocycles. The fraction of sp³-hybridized carbons (Fsp3) is 0.267. The van der Waals surface area contributed by atoms with E-state index in [1.165, 1.54) is 0 Å². The van der Waals surface area contributed by atoms with E-state index in [0.717, 1.165) is 5.69 Å². The van der Waals surface area contributed by atoms with Gasteiger partial charge in [-0.05, 0) is 12.1 Å². The lowest BCUT2D eigenvalue weighted by Gasteiger charge is -2.36. The SMILES string of the molecule is Fc1cc(F)c(N2CCN(c3ccccc3)CC2)nc1F. The summed E-state index contributed by atoms with van der Waals surface area (Å²) in [6.07, 6.45) is 0. The Balaban J connectivity index is 1.73. The van der Waals surface area contributed by atoms with Gasteiger partial charge < -0.3 is 9.80 Å². The van der Waals surface area contributed by atoms with Crippen molar-refractivity contribution >= 4 is 11.5 Å². The summed E-state index contributed by atoms with van der Waals surface area (Å²) in [5.74, 6) is -3.49. The lowest BCUT2D eigenvalue weighted by atomic mass is 10.2. The molecule has 0 aliphatic carbocycles. The predicted molar refractivity (Wildman–Crippen MR) is 75.0 cm³/mol. The Bertz CT molecular complexity index is 626. The molecule has 6 heteroatoms. The molecule has 1 aliphatic rings. The van der Waals surface area contributed by atoms with Crippen LogP contribution in [0.1, 0.15) is 0 Å². The molecule has 0 atom stereocenters. The van der Waals surface area contributed by atoms with E-state index in [1.54, 1.807) is 4.90 Å². The fourth-order valence-electron chi connectivity index (χ4n) is 2.47. The van der Waals surface area contributed by atoms with Crippen LogP contribution in [0.2, 0.25) is 0 Å². The third-order valence-corrected chi connectivity index (χ3v) is 3.57. The summed E-state index contributed by atoms with van der Waals surface area (Å²) < 4.78 is 39.8.